The molecule has 0 aromatic rings. The predicted molar refractivity (Wildman–Crippen MR) is 112 cm³/mol. The SMILES string of the molecule is CCCCCCC1C(=O)OC1CC(OC(=O)C(CC(C)C)NC=O)C(C)(F)SC. The second-order valence-corrected chi connectivity index (χ2v) is 9.46. The van der Waals surface area contributed by atoms with Gasteiger partial charge in [0.15, 0.2) is 5.00 Å². The van der Waals surface area contributed by atoms with Gasteiger partial charge in [-0.25, -0.2) is 9.18 Å². The number of nitrogens with one attached hydrogen (secondary N) is 1. The Bertz CT molecular complexity index is 543. The third-order valence-corrected chi connectivity index (χ3v) is 6.39. The molecule has 1 saturated heterocycles. The van der Waals surface area contributed by atoms with Gasteiger partial charge in [0.2, 0.25) is 6.41 Å². The number of ether oxygens (including phenoxy) is 2. The summed E-state index contributed by atoms with van der Waals surface area (Å²) in [5.74, 6) is -1.05. The van der Waals surface area contributed by atoms with Crippen LogP contribution in [0, 0.1) is 11.8 Å². The van der Waals surface area contributed by atoms with Gasteiger partial charge < -0.3 is 14.8 Å². The maximum Gasteiger partial charge on any atom is 0.329 e. The van der Waals surface area contributed by atoms with Crippen molar-refractivity contribution >= 4 is 30.1 Å². The first kappa shape index (κ1) is 25.7. The minimum Gasteiger partial charge on any atom is -0.461 e. The minimum absolute atomic E-state index is 0.110. The molecule has 0 radical (unpaired) electrons. The molecule has 5 atom stereocenters. The van der Waals surface area contributed by atoms with Gasteiger partial charge in [-0.05, 0) is 31.9 Å². The highest BCUT2D eigenvalue weighted by Crippen LogP contribution is 2.38. The second kappa shape index (κ2) is 12.4. The highest BCUT2D eigenvalue weighted by atomic mass is 32.2. The number of halogens is 1. The summed E-state index contributed by atoms with van der Waals surface area (Å²) in [6, 6.07) is -0.832. The van der Waals surface area contributed by atoms with E-state index in [1.807, 2.05) is 13.8 Å². The predicted octanol–water partition coefficient (Wildman–Crippen LogP) is 4.01. The van der Waals surface area contributed by atoms with E-state index in [0.29, 0.717) is 19.3 Å². The smallest absolute Gasteiger partial charge is 0.329 e. The van der Waals surface area contributed by atoms with E-state index >= 15 is 4.39 Å². The summed E-state index contributed by atoms with van der Waals surface area (Å²) in [6.45, 7) is 7.32. The van der Waals surface area contributed by atoms with Gasteiger partial charge in [0.05, 0.1) is 5.92 Å². The lowest BCUT2D eigenvalue weighted by Gasteiger charge is -2.39. The van der Waals surface area contributed by atoms with Crippen molar-refractivity contribution in [2.75, 3.05) is 6.26 Å². The Labute approximate surface area is 178 Å². The molecule has 1 fully saturated rings. The van der Waals surface area contributed by atoms with Gasteiger partial charge in [0, 0.05) is 6.42 Å². The molecule has 0 spiro atoms. The van der Waals surface area contributed by atoms with Crippen LogP contribution in [0.5, 0.6) is 0 Å². The lowest BCUT2D eigenvalue weighted by Crippen LogP contribution is -2.51. The van der Waals surface area contributed by atoms with Gasteiger partial charge in [-0.2, -0.15) is 0 Å². The maximum atomic E-state index is 15.1. The normalized spacial score (nSPS) is 22.8. The van der Waals surface area contributed by atoms with E-state index in [0.717, 1.165) is 37.4 Å². The zero-order chi connectivity index (χ0) is 22.0. The molecule has 0 aliphatic carbocycles. The van der Waals surface area contributed by atoms with Crippen LogP contribution in [-0.4, -0.2) is 47.9 Å². The van der Waals surface area contributed by atoms with E-state index in [4.69, 9.17) is 9.47 Å². The van der Waals surface area contributed by atoms with E-state index in [9.17, 15) is 14.4 Å². The molecule has 1 rings (SSSR count). The fourth-order valence-corrected chi connectivity index (χ4v) is 3.83. The van der Waals surface area contributed by atoms with Crippen molar-refractivity contribution < 1.29 is 28.2 Å². The first-order chi connectivity index (χ1) is 13.7. The van der Waals surface area contributed by atoms with Crippen molar-refractivity contribution in [3.05, 3.63) is 0 Å². The summed E-state index contributed by atoms with van der Waals surface area (Å²) in [4.78, 5) is 35.3. The number of carbonyl (C=O) groups excluding carboxylic acids is 3. The number of esters is 2. The molecule has 6 nitrogen and oxygen atoms in total. The Morgan fingerprint density at radius 1 is 1.38 bits per heavy atom. The standard InChI is InChI=1S/C21H36FNO5S/c1-6-7-8-9-10-15-17(27-19(15)25)12-18(21(4,22)29-5)28-20(26)16(23-13-24)11-14(2)3/h13-18H,6-12H2,1-5H3,(H,23,24). The molecule has 1 aliphatic rings. The number of hydrogen-bond donors (Lipinski definition) is 1. The van der Waals surface area contributed by atoms with E-state index in [2.05, 4.69) is 12.2 Å². The topological polar surface area (TPSA) is 81.7 Å². The lowest BCUT2D eigenvalue weighted by atomic mass is 9.86. The van der Waals surface area contributed by atoms with Crippen LogP contribution in [0.2, 0.25) is 0 Å². The largest absolute Gasteiger partial charge is 0.461 e. The first-order valence-corrected chi connectivity index (χ1v) is 11.7. The van der Waals surface area contributed by atoms with Crippen LogP contribution in [0.1, 0.15) is 72.6 Å². The third-order valence-electron chi connectivity index (χ3n) is 5.33. The van der Waals surface area contributed by atoms with Gasteiger partial charge in [-0.1, -0.05) is 46.5 Å². The highest BCUT2D eigenvalue weighted by molar-refractivity contribution is 7.99. The van der Waals surface area contributed by atoms with Gasteiger partial charge in [0.25, 0.3) is 0 Å². The zero-order valence-corrected chi connectivity index (χ0v) is 19.1. The summed E-state index contributed by atoms with van der Waals surface area (Å²) in [5.41, 5.74) is 0. The van der Waals surface area contributed by atoms with E-state index in [1.54, 1.807) is 6.26 Å². The van der Waals surface area contributed by atoms with Crippen molar-refractivity contribution in [2.45, 2.75) is 95.9 Å². The summed E-state index contributed by atoms with van der Waals surface area (Å²) in [7, 11) is 0. The van der Waals surface area contributed by atoms with Gasteiger partial charge in [-0.15, -0.1) is 11.8 Å². The van der Waals surface area contributed by atoms with Gasteiger partial charge in [0.1, 0.15) is 18.2 Å². The van der Waals surface area contributed by atoms with E-state index < -0.39 is 29.2 Å². The number of unbranched alkanes of at least 4 members (excludes halogenated alkanes) is 3. The molecular formula is C21H36FNO5S. The molecule has 1 N–H and O–H groups in total. The minimum atomic E-state index is -1.84. The monoisotopic (exact) mass is 433 g/mol. The Kier molecular flexibility index (Phi) is 11.0. The average molecular weight is 434 g/mol. The van der Waals surface area contributed by atoms with Crippen LogP contribution in [0.4, 0.5) is 4.39 Å². The molecule has 1 heterocycles. The van der Waals surface area contributed by atoms with Crippen molar-refractivity contribution in [1.82, 2.24) is 5.32 Å². The van der Waals surface area contributed by atoms with Crippen molar-refractivity contribution in [3.63, 3.8) is 0 Å². The molecule has 0 aromatic heterocycles. The van der Waals surface area contributed by atoms with Crippen LogP contribution in [-0.2, 0) is 23.9 Å². The lowest BCUT2D eigenvalue weighted by molar-refractivity contribution is -0.192. The molecule has 0 aromatic carbocycles. The van der Waals surface area contributed by atoms with Crippen molar-refractivity contribution in [2.24, 2.45) is 11.8 Å². The Morgan fingerprint density at radius 2 is 2.07 bits per heavy atom. The molecule has 1 aliphatic heterocycles. The highest BCUT2D eigenvalue weighted by Gasteiger charge is 2.48. The molecule has 0 saturated carbocycles. The molecule has 5 unspecified atom stereocenters. The third kappa shape index (κ3) is 8.15. The molecule has 168 valence electrons. The number of carbonyl (C=O) groups is 3. The quantitative estimate of drug-likeness (QED) is 0.239. The van der Waals surface area contributed by atoms with Crippen molar-refractivity contribution in [1.29, 1.82) is 0 Å². The van der Waals surface area contributed by atoms with Crippen LogP contribution >= 0.6 is 11.8 Å². The number of thioether (sulfide) groups is 1. The Balaban J connectivity index is 2.79. The fourth-order valence-electron chi connectivity index (χ4n) is 3.42. The molecular weight excluding hydrogens is 397 g/mol. The van der Waals surface area contributed by atoms with Crippen LogP contribution < -0.4 is 5.32 Å². The molecule has 8 heteroatoms. The second-order valence-electron chi connectivity index (χ2n) is 8.25. The summed E-state index contributed by atoms with van der Waals surface area (Å²) >= 11 is 0.945. The zero-order valence-electron chi connectivity index (χ0n) is 18.2. The number of rotatable bonds is 15. The first-order valence-electron chi connectivity index (χ1n) is 10.5. The van der Waals surface area contributed by atoms with Crippen LogP contribution in [0.3, 0.4) is 0 Å². The Morgan fingerprint density at radius 3 is 2.59 bits per heavy atom. The van der Waals surface area contributed by atoms with Crippen molar-refractivity contribution in [3.8, 4) is 0 Å². The van der Waals surface area contributed by atoms with Crippen LogP contribution in [0.15, 0.2) is 0 Å². The fraction of sp³-hybridized carbons (Fsp3) is 0.857. The maximum absolute atomic E-state index is 15.1. The molecule has 0 bridgehead atoms. The number of amides is 1. The van der Waals surface area contributed by atoms with Crippen LogP contribution in [0.25, 0.3) is 0 Å². The Hall–Kier alpha value is -1.31. The van der Waals surface area contributed by atoms with E-state index in [1.165, 1.54) is 6.92 Å². The average Bonchev–Trinajstić information content (AvgIpc) is 2.65. The molecule has 1 amide bonds. The number of hydrogen-bond acceptors (Lipinski definition) is 6. The van der Waals surface area contributed by atoms with E-state index in [-0.39, 0.29) is 24.2 Å². The van der Waals surface area contributed by atoms with Gasteiger partial charge >= 0.3 is 11.9 Å². The summed E-state index contributed by atoms with van der Waals surface area (Å²) in [5, 5.41) is 0.616. The number of cyclic esters (lactones) is 1. The molecule has 29 heavy (non-hydrogen) atoms. The summed E-state index contributed by atoms with van der Waals surface area (Å²) in [6.07, 6.45) is 5.92. The summed E-state index contributed by atoms with van der Waals surface area (Å²) < 4.78 is 25.9. The van der Waals surface area contributed by atoms with Gasteiger partial charge in [-0.3, -0.25) is 9.59 Å². The number of alkyl halides is 1.